The Bertz CT molecular complexity index is 631. The first-order valence-electron chi connectivity index (χ1n) is 5.07. The predicted octanol–water partition coefficient (Wildman–Crippen LogP) is 2.46. The van der Waals surface area contributed by atoms with E-state index in [0.717, 1.165) is 11.8 Å². The molecule has 0 radical (unpaired) electrons. The fourth-order valence-electron chi connectivity index (χ4n) is 1.76. The van der Waals surface area contributed by atoms with Crippen LogP contribution in [0.5, 0.6) is 5.75 Å². The molecule has 0 saturated heterocycles. The Morgan fingerprint density at radius 3 is 2.18 bits per heavy atom. The Kier molecular flexibility index (Phi) is 2.90. The molecule has 2 aromatic rings. The van der Waals surface area contributed by atoms with E-state index < -0.39 is 9.84 Å². The van der Waals surface area contributed by atoms with Gasteiger partial charge in [0.05, 0.1) is 0 Å². The van der Waals surface area contributed by atoms with Crippen molar-refractivity contribution in [2.24, 2.45) is 0 Å². The van der Waals surface area contributed by atoms with Crippen LogP contribution < -0.4 is 0 Å². The minimum Gasteiger partial charge on any atom is -0.507 e. The van der Waals surface area contributed by atoms with Gasteiger partial charge in [0.2, 0.25) is 0 Å². The predicted molar refractivity (Wildman–Crippen MR) is 66.7 cm³/mol. The van der Waals surface area contributed by atoms with Gasteiger partial charge in [-0.25, -0.2) is 8.42 Å². The van der Waals surface area contributed by atoms with Crippen molar-refractivity contribution in [2.45, 2.75) is 4.90 Å². The van der Waals surface area contributed by atoms with Gasteiger partial charge in [-0.2, -0.15) is 0 Å². The van der Waals surface area contributed by atoms with Crippen molar-refractivity contribution in [1.29, 1.82) is 0 Å². The third-order valence-electron chi connectivity index (χ3n) is 2.45. The van der Waals surface area contributed by atoms with Gasteiger partial charge in [0.25, 0.3) is 0 Å². The van der Waals surface area contributed by atoms with Gasteiger partial charge in [0.1, 0.15) is 10.6 Å². The number of hydrogen-bond acceptors (Lipinski definition) is 3. The molecule has 0 aromatic heterocycles. The van der Waals surface area contributed by atoms with Crippen molar-refractivity contribution in [3.63, 3.8) is 0 Å². The smallest absolute Gasteiger partial charge is 0.179 e. The molecule has 0 heterocycles. The summed E-state index contributed by atoms with van der Waals surface area (Å²) >= 11 is 0. The Morgan fingerprint density at radius 1 is 0.941 bits per heavy atom. The second-order valence-electron chi connectivity index (χ2n) is 3.79. The molecule has 17 heavy (non-hydrogen) atoms. The monoisotopic (exact) mass is 248 g/mol. The zero-order valence-electron chi connectivity index (χ0n) is 9.29. The summed E-state index contributed by atoms with van der Waals surface area (Å²) in [6, 6.07) is 13.8. The summed E-state index contributed by atoms with van der Waals surface area (Å²) in [5.41, 5.74) is 1.29. The van der Waals surface area contributed by atoms with Gasteiger partial charge in [-0.05, 0) is 11.6 Å². The van der Waals surface area contributed by atoms with Crippen LogP contribution in [-0.2, 0) is 9.84 Å². The quantitative estimate of drug-likeness (QED) is 0.888. The van der Waals surface area contributed by atoms with Crippen molar-refractivity contribution in [1.82, 2.24) is 0 Å². The standard InChI is InChI=1S/C13H12O3S/c1-17(15,16)13-11(8-5-9-12(13)14)10-6-3-2-4-7-10/h2-9,14H,1H3. The highest BCUT2D eigenvalue weighted by Crippen LogP contribution is 2.33. The Balaban J connectivity index is 2.76. The third-order valence-corrected chi connectivity index (χ3v) is 3.62. The maximum Gasteiger partial charge on any atom is 0.179 e. The van der Waals surface area contributed by atoms with E-state index in [0.29, 0.717) is 5.56 Å². The topological polar surface area (TPSA) is 54.4 Å². The molecule has 0 aliphatic carbocycles. The SMILES string of the molecule is CS(=O)(=O)c1c(O)cccc1-c1ccccc1. The first-order chi connectivity index (χ1) is 8.00. The first-order valence-corrected chi connectivity index (χ1v) is 6.97. The van der Waals surface area contributed by atoms with Gasteiger partial charge in [-0.15, -0.1) is 0 Å². The molecule has 3 nitrogen and oxygen atoms in total. The van der Waals surface area contributed by atoms with E-state index >= 15 is 0 Å². The average molecular weight is 248 g/mol. The molecule has 0 saturated carbocycles. The van der Waals surface area contributed by atoms with Crippen LogP contribution >= 0.6 is 0 Å². The average Bonchev–Trinajstić information content (AvgIpc) is 2.28. The van der Waals surface area contributed by atoms with Crippen molar-refractivity contribution in [3.8, 4) is 16.9 Å². The largest absolute Gasteiger partial charge is 0.507 e. The minimum atomic E-state index is -3.46. The van der Waals surface area contributed by atoms with Crippen LogP contribution in [0.15, 0.2) is 53.4 Å². The van der Waals surface area contributed by atoms with Gasteiger partial charge in [-0.3, -0.25) is 0 Å². The molecule has 0 unspecified atom stereocenters. The zero-order valence-corrected chi connectivity index (χ0v) is 10.1. The highest BCUT2D eigenvalue weighted by atomic mass is 32.2. The van der Waals surface area contributed by atoms with Crippen molar-refractivity contribution < 1.29 is 13.5 Å². The first kappa shape index (κ1) is 11.7. The number of sulfone groups is 1. The normalized spacial score (nSPS) is 11.4. The molecule has 88 valence electrons. The van der Waals surface area contributed by atoms with Gasteiger partial charge in [-0.1, -0.05) is 42.5 Å². The summed E-state index contributed by atoms with van der Waals surface area (Å²) in [4.78, 5) is -0.0220. The van der Waals surface area contributed by atoms with Crippen LogP contribution in [0.3, 0.4) is 0 Å². The van der Waals surface area contributed by atoms with Crippen LogP contribution in [0.1, 0.15) is 0 Å². The van der Waals surface area contributed by atoms with E-state index in [1.165, 1.54) is 6.07 Å². The molecule has 0 aliphatic heterocycles. The lowest BCUT2D eigenvalue weighted by Crippen LogP contribution is -2.00. The van der Waals surface area contributed by atoms with Crippen LogP contribution in [0, 0.1) is 0 Å². The molecule has 4 heteroatoms. The third kappa shape index (κ3) is 2.31. The van der Waals surface area contributed by atoms with Crippen molar-refractivity contribution >= 4 is 9.84 Å². The Labute approximate surface area is 100 Å². The van der Waals surface area contributed by atoms with Crippen LogP contribution in [0.2, 0.25) is 0 Å². The summed E-state index contributed by atoms with van der Waals surface area (Å²) < 4.78 is 23.4. The molecule has 0 fully saturated rings. The fourth-order valence-corrected chi connectivity index (χ4v) is 2.79. The van der Waals surface area contributed by atoms with Crippen LogP contribution in [-0.4, -0.2) is 19.8 Å². The summed E-state index contributed by atoms with van der Waals surface area (Å²) in [6.07, 6.45) is 1.09. The summed E-state index contributed by atoms with van der Waals surface area (Å²) in [5, 5.41) is 9.71. The maximum atomic E-state index is 11.7. The number of aromatic hydroxyl groups is 1. The van der Waals surface area contributed by atoms with Gasteiger partial charge >= 0.3 is 0 Å². The minimum absolute atomic E-state index is 0.0220. The van der Waals surface area contributed by atoms with Crippen molar-refractivity contribution in [3.05, 3.63) is 48.5 Å². The second-order valence-corrected chi connectivity index (χ2v) is 5.74. The Morgan fingerprint density at radius 2 is 1.59 bits per heavy atom. The maximum absolute atomic E-state index is 11.7. The number of rotatable bonds is 2. The molecular formula is C13H12O3S. The lowest BCUT2D eigenvalue weighted by atomic mass is 10.1. The van der Waals surface area contributed by atoms with E-state index in [-0.39, 0.29) is 10.6 Å². The van der Waals surface area contributed by atoms with E-state index in [2.05, 4.69) is 0 Å². The molecule has 0 spiro atoms. The van der Waals surface area contributed by atoms with E-state index in [9.17, 15) is 13.5 Å². The molecule has 1 N–H and O–H groups in total. The molecule has 2 aromatic carbocycles. The lowest BCUT2D eigenvalue weighted by molar-refractivity contribution is 0.459. The highest BCUT2D eigenvalue weighted by Gasteiger charge is 2.18. The zero-order chi connectivity index (χ0) is 12.5. The number of benzene rings is 2. The van der Waals surface area contributed by atoms with Gasteiger partial charge in [0.15, 0.2) is 9.84 Å². The van der Waals surface area contributed by atoms with E-state index in [1.807, 2.05) is 30.3 Å². The summed E-state index contributed by atoms with van der Waals surface area (Å²) in [5.74, 6) is -0.214. The number of phenolic OH excluding ortho intramolecular Hbond substituents is 1. The fraction of sp³-hybridized carbons (Fsp3) is 0.0769. The second kappa shape index (κ2) is 4.22. The molecule has 2 rings (SSSR count). The van der Waals surface area contributed by atoms with Gasteiger partial charge < -0.3 is 5.11 Å². The summed E-state index contributed by atoms with van der Waals surface area (Å²) in [7, 11) is -3.46. The molecule has 0 aliphatic rings. The summed E-state index contributed by atoms with van der Waals surface area (Å²) in [6.45, 7) is 0. The van der Waals surface area contributed by atoms with E-state index in [1.54, 1.807) is 12.1 Å². The van der Waals surface area contributed by atoms with Crippen LogP contribution in [0.25, 0.3) is 11.1 Å². The lowest BCUT2D eigenvalue weighted by Gasteiger charge is -2.09. The molecule has 0 bridgehead atoms. The molecule has 0 amide bonds. The number of phenols is 1. The highest BCUT2D eigenvalue weighted by molar-refractivity contribution is 7.91. The Hall–Kier alpha value is -1.81. The van der Waals surface area contributed by atoms with E-state index in [4.69, 9.17) is 0 Å². The van der Waals surface area contributed by atoms with Gasteiger partial charge in [0, 0.05) is 11.8 Å². The molecular weight excluding hydrogens is 236 g/mol. The van der Waals surface area contributed by atoms with Crippen molar-refractivity contribution in [2.75, 3.05) is 6.26 Å². The molecule has 0 atom stereocenters. The number of hydrogen-bond donors (Lipinski definition) is 1. The van der Waals surface area contributed by atoms with Crippen LogP contribution in [0.4, 0.5) is 0 Å².